The maximum absolute atomic E-state index is 5.60. The van der Waals surface area contributed by atoms with Crippen LogP contribution in [0.1, 0.15) is 22.3 Å². The Morgan fingerprint density at radius 2 is 0.676 bits per heavy atom. The zero-order valence-electron chi connectivity index (χ0n) is 20.1. The van der Waals surface area contributed by atoms with Gasteiger partial charge in [-0.1, -0.05) is 73.8 Å². The smallest absolute Gasteiger partial charge is 0.0718 e. The van der Waals surface area contributed by atoms with Crippen molar-refractivity contribution in [3.8, 4) is 0 Å². The van der Waals surface area contributed by atoms with Crippen molar-refractivity contribution in [2.24, 2.45) is 0 Å². The third-order valence-corrected chi connectivity index (χ3v) is 4.83. The normalized spacial score (nSPS) is 10.9. The number of benzene rings is 2. The molecule has 0 bridgehead atoms. The Hall–Kier alpha value is -2.32. The van der Waals surface area contributed by atoms with Crippen LogP contribution in [0.3, 0.4) is 0 Å². The minimum Gasteiger partial charge on any atom is -0.377 e. The summed E-state index contributed by atoms with van der Waals surface area (Å²) < 4.78 is 33.2. The molecule has 0 amide bonds. The van der Waals surface area contributed by atoms with E-state index in [1.165, 1.54) is 0 Å². The van der Waals surface area contributed by atoms with E-state index in [2.05, 4.69) is 13.2 Å². The predicted molar refractivity (Wildman–Crippen MR) is 136 cm³/mol. The Labute approximate surface area is 204 Å². The molecule has 34 heavy (non-hydrogen) atoms. The first-order chi connectivity index (χ1) is 16.8. The van der Waals surface area contributed by atoms with Gasteiger partial charge < -0.3 is 28.4 Å². The van der Waals surface area contributed by atoms with Crippen LogP contribution in [0.15, 0.2) is 61.7 Å². The molecule has 0 radical (unpaired) electrons. The number of hydrogen-bond donors (Lipinski definition) is 0. The summed E-state index contributed by atoms with van der Waals surface area (Å²) in [6.45, 7) is 14.1. The molecule has 2 aromatic carbocycles. The zero-order valence-corrected chi connectivity index (χ0v) is 20.1. The van der Waals surface area contributed by atoms with Gasteiger partial charge in [0.2, 0.25) is 0 Å². The molecule has 0 atom stereocenters. The molecule has 0 aliphatic carbocycles. The van der Waals surface area contributed by atoms with Gasteiger partial charge in [0.1, 0.15) is 0 Å². The van der Waals surface area contributed by atoms with Crippen molar-refractivity contribution in [3.05, 3.63) is 83.9 Å². The molecule has 2 rings (SSSR count). The summed E-state index contributed by atoms with van der Waals surface area (Å²) in [5.74, 6) is 0. The van der Waals surface area contributed by atoms with Crippen molar-refractivity contribution in [3.63, 3.8) is 0 Å². The molecule has 0 aliphatic heterocycles. The third-order valence-electron chi connectivity index (χ3n) is 4.83. The van der Waals surface area contributed by atoms with Crippen molar-refractivity contribution >= 4 is 12.2 Å². The minimum atomic E-state index is 0.536. The highest BCUT2D eigenvalue weighted by atomic mass is 16.6. The van der Waals surface area contributed by atoms with Gasteiger partial charge in [0, 0.05) is 0 Å². The summed E-state index contributed by atoms with van der Waals surface area (Å²) >= 11 is 0. The van der Waals surface area contributed by atoms with E-state index in [-0.39, 0.29) is 0 Å². The van der Waals surface area contributed by atoms with Gasteiger partial charge in [0.25, 0.3) is 0 Å². The molecule has 0 aromatic heterocycles. The van der Waals surface area contributed by atoms with Gasteiger partial charge in [0.05, 0.1) is 79.3 Å². The second kappa shape index (κ2) is 19.0. The Morgan fingerprint density at radius 3 is 0.941 bits per heavy atom. The Morgan fingerprint density at radius 1 is 0.412 bits per heavy atom. The Bertz CT molecular complexity index is 705. The average Bonchev–Trinajstić information content (AvgIpc) is 2.88. The quantitative estimate of drug-likeness (QED) is 0.245. The van der Waals surface area contributed by atoms with E-state index >= 15 is 0 Å². The summed E-state index contributed by atoms with van der Waals surface area (Å²) in [7, 11) is 0. The van der Waals surface area contributed by atoms with E-state index in [9.17, 15) is 0 Å². The van der Waals surface area contributed by atoms with Crippen LogP contribution in [-0.2, 0) is 41.6 Å². The molecule has 0 spiro atoms. The van der Waals surface area contributed by atoms with E-state index in [0.29, 0.717) is 79.3 Å². The fraction of sp³-hybridized carbons (Fsp3) is 0.429. The van der Waals surface area contributed by atoms with E-state index in [0.717, 1.165) is 22.3 Å². The van der Waals surface area contributed by atoms with Gasteiger partial charge in [-0.15, -0.1) is 0 Å². The molecular weight excluding hydrogens is 432 g/mol. The highest BCUT2D eigenvalue weighted by Gasteiger charge is 1.97. The van der Waals surface area contributed by atoms with Crippen molar-refractivity contribution in [1.82, 2.24) is 0 Å². The van der Waals surface area contributed by atoms with Crippen LogP contribution in [0.25, 0.3) is 12.2 Å². The maximum Gasteiger partial charge on any atom is 0.0718 e. The van der Waals surface area contributed by atoms with Crippen molar-refractivity contribution in [2.45, 2.75) is 13.2 Å². The Balaban J connectivity index is 1.26. The zero-order chi connectivity index (χ0) is 24.1. The minimum absolute atomic E-state index is 0.536. The molecular formula is C28H38O6. The van der Waals surface area contributed by atoms with Crippen LogP contribution in [0.4, 0.5) is 0 Å². The number of hydrogen-bond acceptors (Lipinski definition) is 6. The summed E-state index contributed by atoms with van der Waals surface area (Å²) in [5, 5.41) is 0. The number of ether oxygens (including phenoxy) is 6. The lowest BCUT2D eigenvalue weighted by Crippen LogP contribution is -2.14. The largest absolute Gasteiger partial charge is 0.377 e. The molecule has 6 heteroatoms. The summed E-state index contributed by atoms with van der Waals surface area (Å²) in [6.07, 6.45) is 3.65. The molecule has 0 aliphatic rings. The SMILES string of the molecule is C=Cc1ccc(COCCOCCOCCOCCOCCOCc2ccc(C=C)cc2)cc1. The summed E-state index contributed by atoms with van der Waals surface area (Å²) in [4.78, 5) is 0. The molecule has 0 unspecified atom stereocenters. The van der Waals surface area contributed by atoms with Gasteiger partial charge in [-0.05, 0) is 22.3 Å². The van der Waals surface area contributed by atoms with Crippen LogP contribution >= 0.6 is 0 Å². The van der Waals surface area contributed by atoms with E-state index < -0.39 is 0 Å². The van der Waals surface area contributed by atoms with Gasteiger partial charge in [0.15, 0.2) is 0 Å². The maximum atomic E-state index is 5.60. The molecule has 0 heterocycles. The van der Waals surface area contributed by atoms with Crippen molar-refractivity contribution < 1.29 is 28.4 Å². The van der Waals surface area contributed by atoms with Crippen molar-refractivity contribution in [1.29, 1.82) is 0 Å². The first-order valence-corrected chi connectivity index (χ1v) is 11.7. The van der Waals surface area contributed by atoms with Crippen LogP contribution in [-0.4, -0.2) is 66.1 Å². The van der Waals surface area contributed by atoms with E-state index in [1.54, 1.807) is 0 Å². The second-order valence-corrected chi connectivity index (χ2v) is 7.45. The van der Waals surface area contributed by atoms with Crippen LogP contribution < -0.4 is 0 Å². The van der Waals surface area contributed by atoms with E-state index in [1.807, 2.05) is 60.7 Å². The molecule has 6 nitrogen and oxygen atoms in total. The van der Waals surface area contributed by atoms with Crippen LogP contribution in [0, 0.1) is 0 Å². The van der Waals surface area contributed by atoms with E-state index in [4.69, 9.17) is 28.4 Å². The fourth-order valence-corrected chi connectivity index (χ4v) is 2.88. The molecule has 0 fully saturated rings. The first kappa shape index (κ1) is 27.9. The standard InChI is InChI=1S/C28H38O6/c1-3-25-5-9-27(10-6-25)23-33-21-19-31-17-15-29-13-14-30-16-18-32-20-22-34-24-28-11-7-26(4-2)8-12-28/h3-12H,1-2,13-24H2. The van der Waals surface area contributed by atoms with Gasteiger partial charge in [-0.3, -0.25) is 0 Å². The van der Waals surface area contributed by atoms with Gasteiger partial charge >= 0.3 is 0 Å². The predicted octanol–water partition coefficient (Wildman–Crippen LogP) is 4.77. The van der Waals surface area contributed by atoms with Gasteiger partial charge in [-0.25, -0.2) is 0 Å². The van der Waals surface area contributed by atoms with Crippen LogP contribution in [0.2, 0.25) is 0 Å². The summed E-state index contributed by atoms with van der Waals surface area (Å²) in [5.41, 5.74) is 4.49. The highest BCUT2D eigenvalue weighted by Crippen LogP contribution is 2.07. The Kier molecular flexibility index (Phi) is 15.6. The monoisotopic (exact) mass is 470 g/mol. The molecule has 186 valence electrons. The average molecular weight is 471 g/mol. The second-order valence-electron chi connectivity index (χ2n) is 7.45. The summed E-state index contributed by atoms with van der Waals surface area (Å²) in [6, 6.07) is 16.3. The molecule has 2 aromatic rings. The lowest BCUT2D eigenvalue weighted by atomic mass is 10.1. The number of rotatable bonds is 21. The fourth-order valence-electron chi connectivity index (χ4n) is 2.88. The molecule has 0 saturated carbocycles. The lowest BCUT2D eigenvalue weighted by molar-refractivity contribution is -0.0185. The van der Waals surface area contributed by atoms with Crippen LogP contribution in [0.5, 0.6) is 0 Å². The topological polar surface area (TPSA) is 55.4 Å². The molecule has 0 N–H and O–H groups in total. The lowest BCUT2D eigenvalue weighted by Gasteiger charge is -2.08. The van der Waals surface area contributed by atoms with Gasteiger partial charge in [-0.2, -0.15) is 0 Å². The van der Waals surface area contributed by atoms with Crippen molar-refractivity contribution in [2.75, 3.05) is 66.1 Å². The third kappa shape index (κ3) is 13.4. The first-order valence-electron chi connectivity index (χ1n) is 11.7. The molecule has 0 saturated heterocycles. The highest BCUT2D eigenvalue weighted by molar-refractivity contribution is 5.47.